The molecule has 0 aromatic heterocycles. The first-order valence-corrected chi connectivity index (χ1v) is 6.59. The summed E-state index contributed by atoms with van der Waals surface area (Å²) < 4.78 is 0. The number of carbonyl (C=O) groups is 1. The quantitative estimate of drug-likeness (QED) is 0.393. The predicted molar refractivity (Wildman–Crippen MR) is 78.8 cm³/mol. The number of carbonyl (C=O) groups excluding carboxylic acids is 1. The molecule has 1 amide bonds. The van der Waals surface area contributed by atoms with Crippen molar-refractivity contribution >= 4 is 17.3 Å². The molecule has 0 radical (unpaired) electrons. The Morgan fingerprint density at radius 3 is 2.67 bits per heavy atom. The van der Waals surface area contributed by atoms with Crippen molar-refractivity contribution in [3.63, 3.8) is 0 Å². The molecule has 0 bridgehead atoms. The van der Waals surface area contributed by atoms with E-state index in [9.17, 15) is 14.9 Å². The Morgan fingerprint density at radius 1 is 1.52 bits per heavy atom. The van der Waals surface area contributed by atoms with E-state index in [1.165, 1.54) is 23.1 Å². The Bertz CT molecular complexity index is 519. The molecule has 1 aromatic carbocycles. The van der Waals surface area contributed by atoms with Crippen LogP contribution in [0.15, 0.2) is 18.2 Å². The molecule has 0 aliphatic carbocycles. The van der Waals surface area contributed by atoms with Crippen molar-refractivity contribution in [2.75, 3.05) is 18.6 Å². The molecule has 8 heteroatoms. The summed E-state index contributed by atoms with van der Waals surface area (Å²) in [5.74, 6) is 4.83. The Morgan fingerprint density at radius 2 is 2.19 bits per heavy atom. The summed E-state index contributed by atoms with van der Waals surface area (Å²) in [4.78, 5) is 24.5. The highest BCUT2D eigenvalue weighted by Crippen LogP contribution is 2.24. The number of hydrogen-bond acceptors (Lipinski definition) is 6. The van der Waals surface area contributed by atoms with Gasteiger partial charge in [0.25, 0.3) is 11.6 Å². The summed E-state index contributed by atoms with van der Waals surface area (Å²) in [6.07, 6.45) is 0.409. The van der Waals surface area contributed by atoms with Gasteiger partial charge in [0.05, 0.1) is 4.92 Å². The van der Waals surface area contributed by atoms with E-state index >= 15 is 0 Å². The lowest BCUT2D eigenvalue weighted by Crippen LogP contribution is -2.38. The second-order valence-corrected chi connectivity index (χ2v) is 4.80. The first kappa shape index (κ1) is 16.9. The van der Waals surface area contributed by atoms with Crippen molar-refractivity contribution in [1.82, 2.24) is 4.90 Å². The van der Waals surface area contributed by atoms with E-state index in [0.29, 0.717) is 18.7 Å². The summed E-state index contributed by atoms with van der Waals surface area (Å²) in [6.45, 7) is 3.89. The summed E-state index contributed by atoms with van der Waals surface area (Å²) in [5.41, 5.74) is 2.48. The van der Waals surface area contributed by atoms with Gasteiger partial charge in [0, 0.05) is 30.9 Å². The average Bonchev–Trinajstić information content (AvgIpc) is 2.46. The second-order valence-electron chi connectivity index (χ2n) is 4.80. The highest BCUT2D eigenvalue weighted by molar-refractivity contribution is 5.99. The molecule has 116 valence electrons. The van der Waals surface area contributed by atoms with Crippen molar-refractivity contribution in [3.05, 3.63) is 33.9 Å². The van der Waals surface area contributed by atoms with Crippen molar-refractivity contribution in [2.45, 2.75) is 26.3 Å². The molecule has 0 heterocycles. The molecule has 1 rings (SSSR count). The number of amides is 1. The maximum atomic E-state index is 12.6. The Hall–Kier alpha value is -2.19. The predicted octanol–water partition coefficient (Wildman–Crippen LogP) is 1.11. The fraction of sp³-hybridized carbons (Fsp3) is 0.462. The number of hydrazine groups is 1. The molecule has 0 aliphatic heterocycles. The Kier molecular flexibility index (Phi) is 6.07. The van der Waals surface area contributed by atoms with Crippen molar-refractivity contribution in [1.29, 1.82) is 0 Å². The average molecular weight is 296 g/mol. The van der Waals surface area contributed by atoms with Crippen molar-refractivity contribution in [3.8, 4) is 0 Å². The molecule has 0 unspecified atom stereocenters. The normalized spacial score (nSPS) is 10.5. The number of nitrogens with two attached hydrogens (primary N) is 1. The van der Waals surface area contributed by atoms with Crippen LogP contribution in [0.3, 0.4) is 0 Å². The van der Waals surface area contributed by atoms with Gasteiger partial charge in [-0.15, -0.1) is 0 Å². The van der Waals surface area contributed by atoms with Crippen LogP contribution in [0.25, 0.3) is 0 Å². The standard InChI is InChI=1S/C13H20N4O4/c1-9(2)16(6-3-7-18)13(19)11-8-10(15-14)4-5-12(11)17(20)21/h4-5,8-9,15,18H,3,6-7,14H2,1-2H3. The number of anilines is 1. The minimum Gasteiger partial charge on any atom is -0.396 e. The molecule has 4 N–H and O–H groups in total. The lowest BCUT2D eigenvalue weighted by molar-refractivity contribution is -0.385. The van der Waals surface area contributed by atoms with E-state index in [1.54, 1.807) is 0 Å². The van der Waals surface area contributed by atoms with Gasteiger partial charge >= 0.3 is 0 Å². The first-order valence-electron chi connectivity index (χ1n) is 6.59. The number of nitrogen functional groups attached to an aromatic ring is 1. The van der Waals surface area contributed by atoms with Gasteiger partial charge in [0.2, 0.25) is 0 Å². The minimum atomic E-state index is -0.599. The highest BCUT2D eigenvalue weighted by atomic mass is 16.6. The van der Waals surface area contributed by atoms with Gasteiger partial charge < -0.3 is 15.4 Å². The molecule has 0 spiro atoms. The van der Waals surface area contributed by atoms with Crippen LogP contribution in [0.1, 0.15) is 30.6 Å². The Balaban J connectivity index is 3.21. The maximum Gasteiger partial charge on any atom is 0.282 e. The van der Waals surface area contributed by atoms with Crippen molar-refractivity contribution in [2.24, 2.45) is 5.84 Å². The third-order valence-corrected chi connectivity index (χ3v) is 3.03. The first-order chi connectivity index (χ1) is 9.92. The lowest BCUT2D eigenvalue weighted by Gasteiger charge is -2.26. The molecule has 0 fully saturated rings. The van der Waals surface area contributed by atoms with Crippen LogP contribution in [0.4, 0.5) is 11.4 Å². The van der Waals surface area contributed by atoms with Gasteiger partial charge in [0.15, 0.2) is 0 Å². The minimum absolute atomic E-state index is 0.0258. The monoisotopic (exact) mass is 296 g/mol. The van der Waals surface area contributed by atoms with Crippen LogP contribution < -0.4 is 11.3 Å². The van der Waals surface area contributed by atoms with Gasteiger partial charge in [-0.2, -0.15) is 0 Å². The number of nitrogens with zero attached hydrogens (tertiary/aromatic N) is 2. The molecular formula is C13H20N4O4. The van der Waals surface area contributed by atoms with Crippen LogP contribution in [0.2, 0.25) is 0 Å². The number of hydrogen-bond donors (Lipinski definition) is 3. The van der Waals surface area contributed by atoms with Crippen LogP contribution >= 0.6 is 0 Å². The molecule has 0 saturated carbocycles. The summed E-state index contributed by atoms with van der Waals surface area (Å²) >= 11 is 0. The molecular weight excluding hydrogens is 276 g/mol. The SMILES string of the molecule is CC(C)N(CCCO)C(=O)c1cc(NN)ccc1[N+](=O)[O-]. The van der Waals surface area contributed by atoms with Crippen LogP contribution in [0, 0.1) is 10.1 Å². The van der Waals surface area contributed by atoms with Crippen LogP contribution in [0.5, 0.6) is 0 Å². The maximum absolute atomic E-state index is 12.6. The number of benzene rings is 1. The second kappa shape index (κ2) is 7.55. The number of nitro benzene ring substituents is 1. The third-order valence-electron chi connectivity index (χ3n) is 3.03. The molecule has 21 heavy (non-hydrogen) atoms. The highest BCUT2D eigenvalue weighted by Gasteiger charge is 2.26. The molecule has 0 saturated heterocycles. The van der Waals surface area contributed by atoms with Gasteiger partial charge in [-0.1, -0.05) is 0 Å². The number of rotatable bonds is 7. The number of nitro groups is 1. The van der Waals surface area contributed by atoms with E-state index in [0.717, 1.165) is 0 Å². The largest absolute Gasteiger partial charge is 0.396 e. The number of aliphatic hydroxyl groups excluding tert-OH is 1. The zero-order valence-electron chi connectivity index (χ0n) is 12.1. The lowest BCUT2D eigenvalue weighted by atomic mass is 10.1. The van der Waals surface area contributed by atoms with Gasteiger partial charge in [-0.05, 0) is 32.4 Å². The fourth-order valence-electron chi connectivity index (χ4n) is 1.95. The van der Waals surface area contributed by atoms with Gasteiger partial charge in [-0.3, -0.25) is 20.8 Å². The van der Waals surface area contributed by atoms with E-state index in [4.69, 9.17) is 10.9 Å². The van der Waals surface area contributed by atoms with E-state index in [2.05, 4.69) is 5.43 Å². The molecule has 0 atom stereocenters. The zero-order chi connectivity index (χ0) is 16.0. The van der Waals surface area contributed by atoms with Crippen molar-refractivity contribution < 1.29 is 14.8 Å². The molecule has 1 aromatic rings. The number of aliphatic hydroxyl groups is 1. The summed E-state index contributed by atoms with van der Waals surface area (Å²) in [7, 11) is 0. The van der Waals surface area contributed by atoms with Crippen LogP contribution in [-0.4, -0.2) is 40.0 Å². The van der Waals surface area contributed by atoms with E-state index < -0.39 is 10.8 Å². The van der Waals surface area contributed by atoms with Gasteiger partial charge in [0.1, 0.15) is 5.56 Å². The zero-order valence-corrected chi connectivity index (χ0v) is 12.1. The number of nitrogens with one attached hydrogen (secondary N) is 1. The summed E-state index contributed by atoms with van der Waals surface area (Å²) in [6, 6.07) is 3.89. The van der Waals surface area contributed by atoms with Gasteiger partial charge in [-0.25, -0.2) is 0 Å². The molecule has 8 nitrogen and oxygen atoms in total. The van der Waals surface area contributed by atoms with E-state index in [1.807, 2.05) is 13.8 Å². The third kappa shape index (κ3) is 4.14. The topological polar surface area (TPSA) is 122 Å². The van der Waals surface area contributed by atoms with Crippen LogP contribution in [-0.2, 0) is 0 Å². The van der Waals surface area contributed by atoms with E-state index in [-0.39, 0.29) is 23.9 Å². The molecule has 0 aliphatic rings. The summed E-state index contributed by atoms with van der Waals surface area (Å²) in [5, 5.41) is 20.0. The Labute approximate surface area is 122 Å². The smallest absolute Gasteiger partial charge is 0.282 e. The fourth-order valence-corrected chi connectivity index (χ4v) is 1.95.